The smallest absolute Gasteiger partial charge is 0.245 e. The van der Waals surface area contributed by atoms with Crippen molar-refractivity contribution >= 4 is 18.3 Å². The Balaban J connectivity index is 0.00000208. The summed E-state index contributed by atoms with van der Waals surface area (Å²) >= 11 is 0. The number of hydrogen-bond acceptors (Lipinski definition) is 4. The molecular formula is C17H24ClN5O. The molecule has 7 heteroatoms. The van der Waals surface area contributed by atoms with Gasteiger partial charge in [-0.3, -0.25) is 9.36 Å². The molecule has 0 radical (unpaired) electrons. The molecule has 24 heavy (non-hydrogen) atoms. The standard InChI is InChI=1S/C17H23N5O.ClH/c1-3-9-21-12-16-20-19-15(22(16)13(2)17(21)23)11-18-10-14-7-5-4-6-8-14;/h4-8,13,18H,3,9-12H2,1-2H3;1H/t13-;/m1./s1. The van der Waals surface area contributed by atoms with Crippen molar-refractivity contribution in [1.29, 1.82) is 0 Å². The fourth-order valence-corrected chi connectivity index (χ4v) is 3.03. The van der Waals surface area contributed by atoms with Crippen molar-refractivity contribution in [3.63, 3.8) is 0 Å². The average Bonchev–Trinajstić information content (AvgIpc) is 2.96. The molecule has 1 N–H and O–H groups in total. The summed E-state index contributed by atoms with van der Waals surface area (Å²) in [6.07, 6.45) is 0.956. The number of halogens is 1. The highest BCUT2D eigenvalue weighted by Crippen LogP contribution is 2.22. The van der Waals surface area contributed by atoms with E-state index in [0.717, 1.165) is 31.2 Å². The maximum Gasteiger partial charge on any atom is 0.245 e. The molecular weight excluding hydrogens is 326 g/mol. The lowest BCUT2D eigenvalue weighted by Gasteiger charge is -2.31. The van der Waals surface area contributed by atoms with Gasteiger partial charge in [-0.1, -0.05) is 37.3 Å². The molecule has 0 fully saturated rings. The summed E-state index contributed by atoms with van der Waals surface area (Å²) in [6, 6.07) is 10.0. The Morgan fingerprint density at radius 3 is 2.67 bits per heavy atom. The van der Waals surface area contributed by atoms with E-state index < -0.39 is 0 Å². The Morgan fingerprint density at radius 2 is 1.96 bits per heavy atom. The normalized spacial score (nSPS) is 16.7. The zero-order valence-corrected chi connectivity index (χ0v) is 14.9. The van der Waals surface area contributed by atoms with Gasteiger partial charge in [0.15, 0.2) is 5.82 Å². The highest BCUT2D eigenvalue weighted by atomic mass is 35.5. The third-order valence-electron chi connectivity index (χ3n) is 4.17. The molecule has 1 aromatic heterocycles. The number of carbonyl (C=O) groups is 1. The molecule has 1 aliphatic heterocycles. The van der Waals surface area contributed by atoms with Gasteiger partial charge in [0, 0.05) is 13.1 Å². The molecule has 0 bridgehead atoms. The number of benzene rings is 1. The Bertz CT molecular complexity index is 673. The van der Waals surface area contributed by atoms with Crippen LogP contribution in [0.2, 0.25) is 0 Å². The van der Waals surface area contributed by atoms with Crippen LogP contribution in [0.15, 0.2) is 30.3 Å². The lowest BCUT2D eigenvalue weighted by Crippen LogP contribution is -2.42. The Labute approximate surface area is 148 Å². The molecule has 0 spiro atoms. The van der Waals surface area contributed by atoms with Gasteiger partial charge in [0.25, 0.3) is 0 Å². The summed E-state index contributed by atoms with van der Waals surface area (Å²) in [5.74, 6) is 1.86. The summed E-state index contributed by atoms with van der Waals surface area (Å²) < 4.78 is 1.98. The number of aromatic nitrogens is 3. The van der Waals surface area contributed by atoms with Crippen LogP contribution in [0.4, 0.5) is 0 Å². The van der Waals surface area contributed by atoms with Gasteiger partial charge in [-0.15, -0.1) is 22.6 Å². The lowest BCUT2D eigenvalue weighted by atomic mass is 10.2. The molecule has 130 valence electrons. The van der Waals surface area contributed by atoms with Gasteiger partial charge in [-0.05, 0) is 18.9 Å². The number of carbonyl (C=O) groups excluding carboxylic acids is 1. The van der Waals surface area contributed by atoms with Crippen LogP contribution in [-0.2, 0) is 24.4 Å². The van der Waals surface area contributed by atoms with E-state index in [0.29, 0.717) is 13.1 Å². The first-order valence-corrected chi connectivity index (χ1v) is 8.16. The minimum absolute atomic E-state index is 0. The van der Waals surface area contributed by atoms with Crippen LogP contribution in [-0.4, -0.2) is 32.1 Å². The van der Waals surface area contributed by atoms with Gasteiger partial charge < -0.3 is 10.2 Å². The highest BCUT2D eigenvalue weighted by Gasteiger charge is 2.32. The first-order valence-electron chi connectivity index (χ1n) is 8.16. The Kier molecular flexibility index (Phi) is 6.34. The number of nitrogens with zero attached hydrogens (tertiary/aromatic N) is 4. The van der Waals surface area contributed by atoms with Gasteiger partial charge in [0.05, 0.1) is 13.1 Å². The zero-order valence-electron chi connectivity index (χ0n) is 14.1. The number of fused-ring (bicyclic) bond motifs is 1. The van der Waals surface area contributed by atoms with Crippen LogP contribution in [0.25, 0.3) is 0 Å². The van der Waals surface area contributed by atoms with Gasteiger partial charge in [-0.25, -0.2) is 0 Å². The summed E-state index contributed by atoms with van der Waals surface area (Å²) in [6.45, 7) is 6.72. The molecule has 2 aromatic rings. The zero-order chi connectivity index (χ0) is 16.2. The topological polar surface area (TPSA) is 63.1 Å². The quantitative estimate of drug-likeness (QED) is 0.869. The van der Waals surface area contributed by atoms with Crippen LogP contribution < -0.4 is 5.32 Å². The van der Waals surface area contributed by atoms with Gasteiger partial charge in [-0.2, -0.15) is 0 Å². The van der Waals surface area contributed by atoms with Crippen molar-refractivity contribution < 1.29 is 4.79 Å². The largest absolute Gasteiger partial charge is 0.333 e. The molecule has 0 unspecified atom stereocenters. The van der Waals surface area contributed by atoms with Crippen molar-refractivity contribution in [3.05, 3.63) is 47.5 Å². The number of nitrogens with one attached hydrogen (secondary N) is 1. The van der Waals surface area contributed by atoms with Crippen LogP contribution in [0, 0.1) is 0 Å². The van der Waals surface area contributed by atoms with Crippen LogP contribution in [0.1, 0.15) is 43.5 Å². The number of amides is 1. The molecule has 1 aliphatic rings. The Hall–Kier alpha value is -1.92. The molecule has 1 atom stereocenters. The van der Waals surface area contributed by atoms with Gasteiger partial charge in [0.2, 0.25) is 5.91 Å². The molecule has 2 heterocycles. The van der Waals surface area contributed by atoms with Crippen LogP contribution in [0.3, 0.4) is 0 Å². The van der Waals surface area contributed by atoms with E-state index in [9.17, 15) is 4.79 Å². The first-order chi connectivity index (χ1) is 11.2. The predicted molar refractivity (Wildman–Crippen MR) is 94.7 cm³/mol. The minimum atomic E-state index is -0.228. The predicted octanol–water partition coefficient (Wildman–Crippen LogP) is 2.30. The third-order valence-corrected chi connectivity index (χ3v) is 4.17. The maximum atomic E-state index is 12.5. The first kappa shape index (κ1) is 18.4. The Morgan fingerprint density at radius 1 is 1.21 bits per heavy atom. The summed E-state index contributed by atoms with van der Waals surface area (Å²) in [7, 11) is 0. The number of hydrogen-bond donors (Lipinski definition) is 1. The van der Waals surface area contributed by atoms with Gasteiger partial charge >= 0.3 is 0 Å². The van der Waals surface area contributed by atoms with E-state index in [-0.39, 0.29) is 24.4 Å². The molecule has 1 aromatic carbocycles. The van der Waals surface area contributed by atoms with E-state index in [2.05, 4.69) is 34.6 Å². The summed E-state index contributed by atoms with van der Waals surface area (Å²) in [5.41, 5.74) is 1.23. The van der Waals surface area contributed by atoms with Crippen molar-refractivity contribution in [3.8, 4) is 0 Å². The molecule has 0 saturated carbocycles. The summed E-state index contributed by atoms with van der Waals surface area (Å²) in [5, 5.41) is 11.9. The molecule has 6 nitrogen and oxygen atoms in total. The van der Waals surface area contributed by atoms with Crippen LogP contribution in [0.5, 0.6) is 0 Å². The van der Waals surface area contributed by atoms with Crippen molar-refractivity contribution in [1.82, 2.24) is 25.0 Å². The van der Waals surface area contributed by atoms with Crippen molar-refractivity contribution in [2.45, 2.75) is 45.9 Å². The van der Waals surface area contributed by atoms with E-state index in [1.807, 2.05) is 34.6 Å². The van der Waals surface area contributed by atoms with Gasteiger partial charge in [0.1, 0.15) is 11.9 Å². The highest BCUT2D eigenvalue weighted by molar-refractivity contribution is 5.85. The minimum Gasteiger partial charge on any atom is -0.333 e. The SMILES string of the molecule is CCCN1Cc2nnc(CNCc3ccccc3)n2[C@H](C)C1=O.Cl. The van der Waals surface area contributed by atoms with E-state index >= 15 is 0 Å². The summed E-state index contributed by atoms with van der Waals surface area (Å²) in [4.78, 5) is 14.3. The van der Waals surface area contributed by atoms with Crippen LogP contribution >= 0.6 is 12.4 Å². The monoisotopic (exact) mass is 349 g/mol. The average molecular weight is 350 g/mol. The second-order valence-electron chi connectivity index (χ2n) is 5.93. The van der Waals surface area contributed by atoms with E-state index in [1.165, 1.54) is 5.56 Å². The van der Waals surface area contributed by atoms with E-state index in [4.69, 9.17) is 0 Å². The maximum absolute atomic E-state index is 12.5. The second kappa shape index (κ2) is 8.26. The molecule has 0 saturated heterocycles. The molecule has 1 amide bonds. The fraction of sp³-hybridized carbons (Fsp3) is 0.471. The molecule has 0 aliphatic carbocycles. The molecule has 3 rings (SSSR count). The third kappa shape index (κ3) is 3.76. The lowest BCUT2D eigenvalue weighted by molar-refractivity contribution is -0.137. The van der Waals surface area contributed by atoms with Crippen molar-refractivity contribution in [2.75, 3.05) is 6.54 Å². The second-order valence-corrected chi connectivity index (χ2v) is 5.93. The number of rotatable bonds is 6. The van der Waals surface area contributed by atoms with Crippen molar-refractivity contribution in [2.24, 2.45) is 0 Å². The van der Waals surface area contributed by atoms with E-state index in [1.54, 1.807) is 0 Å². The fourth-order valence-electron chi connectivity index (χ4n) is 3.03.